The molecule has 0 aliphatic rings. The number of carbonyl (C=O) groups excluding carboxylic acids is 1. The van der Waals surface area contributed by atoms with Gasteiger partial charge in [-0.25, -0.2) is 17.6 Å². The first-order valence-electron chi connectivity index (χ1n) is 6.86. The highest BCUT2D eigenvalue weighted by atomic mass is 32.2. The average molecular weight is 336 g/mol. The molecule has 2 aromatic rings. The van der Waals surface area contributed by atoms with Crippen LogP contribution in [0.4, 0.5) is 14.9 Å². The van der Waals surface area contributed by atoms with Gasteiger partial charge in [-0.2, -0.15) is 0 Å². The number of nitrogens with one attached hydrogen (secondary N) is 2. The van der Waals surface area contributed by atoms with Gasteiger partial charge >= 0.3 is 6.03 Å². The van der Waals surface area contributed by atoms with Gasteiger partial charge in [-0.1, -0.05) is 24.3 Å². The van der Waals surface area contributed by atoms with Crippen molar-refractivity contribution in [1.82, 2.24) is 5.32 Å². The van der Waals surface area contributed by atoms with Crippen molar-refractivity contribution < 1.29 is 17.6 Å². The van der Waals surface area contributed by atoms with Crippen molar-refractivity contribution in [3.05, 3.63) is 59.4 Å². The number of sulfone groups is 1. The zero-order valence-electron chi connectivity index (χ0n) is 12.8. The molecule has 0 aliphatic heterocycles. The molecule has 0 aliphatic carbocycles. The summed E-state index contributed by atoms with van der Waals surface area (Å²) in [6, 6.07) is 10.1. The van der Waals surface area contributed by atoms with Crippen LogP contribution in [0.25, 0.3) is 0 Å². The monoisotopic (exact) mass is 336 g/mol. The molecular weight excluding hydrogens is 319 g/mol. The quantitative estimate of drug-likeness (QED) is 0.901. The van der Waals surface area contributed by atoms with E-state index >= 15 is 0 Å². The van der Waals surface area contributed by atoms with Crippen LogP contribution in [-0.4, -0.2) is 20.7 Å². The lowest BCUT2D eigenvalue weighted by atomic mass is 10.2. The van der Waals surface area contributed by atoms with E-state index in [1.165, 1.54) is 18.2 Å². The number of hydrogen-bond donors (Lipinski definition) is 2. The van der Waals surface area contributed by atoms with Gasteiger partial charge in [-0.05, 0) is 30.7 Å². The smallest absolute Gasteiger partial charge is 0.319 e. The van der Waals surface area contributed by atoms with E-state index in [9.17, 15) is 17.6 Å². The Bertz CT molecular complexity index is 835. The Morgan fingerprint density at radius 2 is 1.87 bits per heavy atom. The largest absolute Gasteiger partial charge is 0.334 e. The van der Waals surface area contributed by atoms with E-state index in [0.717, 1.165) is 11.8 Å². The third kappa shape index (κ3) is 4.53. The summed E-state index contributed by atoms with van der Waals surface area (Å²) in [5.41, 5.74) is 1.47. The van der Waals surface area contributed by atoms with Crippen LogP contribution < -0.4 is 10.6 Å². The maximum absolute atomic E-state index is 13.5. The lowest BCUT2D eigenvalue weighted by molar-refractivity contribution is 0.251. The van der Waals surface area contributed by atoms with Crippen LogP contribution in [0.15, 0.2) is 47.4 Å². The van der Waals surface area contributed by atoms with Crippen molar-refractivity contribution >= 4 is 21.6 Å². The van der Waals surface area contributed by atoms with Crippen molar-refractivity contribution in [2.45, 2.75) is 18.4 Å². The van der Waals surface area contributed by atoms with Crippen molar-refractivity contribution in [3.8, 4) is 0 Å². The van der Waals surface area contributed by atoms with Gasteiger partial charge in [-0.3, -0.25) is 0 Å². The molecule has 0 radical (unpaired) electrons. The van der Waals surface area contributed by atoms with E-state index < -0.39 is 21.7 Å². The SMILES string of the molecule is Cc1ccc(S(C)(=O)=O)cc1NC(=O)NCc1ccccc1F. The maximum Gasteiger partial charge on any atom is 0.319 e. The molecule has 5 nitrogen and oxygen atoms in total. The highest BCUT2D eigenvalue weighted by molar-refractivity contribution is 7.90. The molecule has 2 N–H and O–H groups in total. The van der Waals surface area contributed by atoms with Crippen LogP contribution in [-0.2, 0) is 16.4 Å². The molecule has 0 saturated heterocycles. The number of hydrogen-bond acceptors (Lipinski definition) is 3. The van der Waals surface area contributed by atoms with Crippen molar-refractivity contribution in [3.63, 3.8) is 0 Å². The number of halogens is 1. The van der Waals surface area contributed by atoms with E-state index in [1.54, 1.807) is 31.2 Å². The molecule has 122 valence electrons. The Morgan fingerprint density at radius 3 is 2.52 bits per heavy atom. The van der Waals surface area contributed by atoms with E-state index in [-0.39, 0.29) is 11.4 Å². The second-order valence-electron chi connectivity index (χ2n) is 5.15. The highest BCUT2D eigenvalue weighted by Gasteiger charge is 2.11. The Hall–Kier alpha value is -2.41. The van der Waals surface area contributed by atoms with E-state index in [0.29, 0.717) is 11.3 Å². The fraction of sp³-hybridized carbons (Fsp3) is 0.188. The summed E-state index contributed by atoms with van der Waals surface area (Å²) >= 11 is 0. The zero-order valence-corrected chi connectivity index (χ0v) is 13.6. The lowest BCUT2D eigenvalue weighted by Gasteiger charge is -2.11. The van der Waals surface area contributed by atoms with Gasteiger partial charge in [0.25, 0.3) is 0 Å². The summed E-state index contributed by atoms with van der Waals surface area (Å²) < 4.78 is 36.6. The fourth-order valence-electron chi connectivity index (χ4n) is 1.95. The van der Waals surface area contributed by atoms with Gasteiger partial charge < -0.3 is 10.6 Å². The molecule has 2 aromatic carbocycles. The Labute approximate surface area is 134 Å². The average Bonchev–Trinajstić information content (AvgIpc) is 2.47. The third-order valence-corrected chi connectivity index (χ3v) is 4.39. The molecule has 0 spiro atoms. The van der Waals surface area contributed by atoms with Crippen molar-refractivity contribution in [1.29, 1.82) is 0 Å². The minimum Gasteiger partial charge on any atom is -0.334 e. The Morgan fingerprint density at radius 1 is 1.17 bits per heavy atom. The molecule has 2 rings (SSSR count). The van der Waals surface area contributed by atoms with Crippen LogP contribution >= 0.6 is 0 Å². The molecule has 0 aromatic heterocycles. The first-order valence-corrected chi connectivity index (χ1v) is 8.75. The van der Waals surface area contributed by atoms with Crippen molar-refractivity contribution in [2.75, 3.05) is 11.6 Å². The van der Waals surface area contributed by atoms with Gasteiger partial charge in [0.1, 0.15) is 5.82 Å². The van der Waals surface area contributed by atoms with E-state index in [1.807, 2.05) is 0 Å². The molecule has 0 bridgehead atoms. The number of urea groups is 1. The van der Waals surface area contributed by atoms with Gasteiger partial charge in [-0.15, -0.1) is 0 Å². The van der Waals surface area contributed by atoms with Crippen LogP contribution in [0.1, 0.15) is 11.1 Å². The summed E-state index contributed by atoms with van der Waals surface area (Å²) in [4.78, 5) is 12.0. The summed E-state index contributed by atoms with van der Waals surface area (Å²) in [6.07, 6.45) is 1.10. The third-order valence-electron chi connectivity index (χ3n) is 3.28. The van der Waals surface area contributed by atoms with Crippen LogP contribution in [0.3, 0.4) is 0 Å². The van der Waals surface area contributed by atoms with E-state index in [4.69, 9.17) is 0 Å². The fourth-order valence-corrected chi connectivity index (χ4v) is 2.60. The summed E-state index contributed by atoms with van der Waals surface area (Å²) in [6.45, 7) is 1.78. The highest BCUT2D eigenvalue weighted by Crippen LogP contribution is 2.20. The first kappa shape index (κ1) is 17.0. The number of rotatable bonds is 4. The van der Waals surface area contributed by atoms with Gasteiger partial charge in [0, 0.05) is 24.1 Å². The van der Waals surface area contributed by atoms with Crippen LogP contribution in [0.2, 0.25) is 0 Å². The number of benzene rings is 2. The summed E-state index contributed by atoms with van der Waals surface area (Å²) in [7, 11) is -3.36. The number of aryl methyl sites for hydroxylation is 1. The molecule has 0 saturated carbocycles. The molecule has 0 unspecified atom stereocenters. The van der Waals surface area contributed by atoms with Crippen molar-refractivity contribution in [2.24, 2.45) is 0 Å². The molecule has 0 atom stereocenters. The molecule has 0 fully saturated rings. The molecular formula is C16H17FN2O3S. The number of carbonyl (C=O) groups is 1. The zero-order chi connectivity index (χ0) is 17.0. The molecule has 2 amide bonds. The molecule has 7 heteroatoms. The molecule has 0 heterocycles. The summed E-state index contributed by atoms with van der Waals surface area (Å²) in [5.74, 6) is -0.400. The number of anilines is 1. The minimum atomic E-state index is -3.36. The van der Waals surface area contributed by atoms with Crippen LogP contribution in [0.5, 0.6) is 0 Å². The minimum absolute atomic E-state index is 0.0311. The maximum atomic E-state index is 13.5. The summed E-state index contributed by atoms with van der Waals surface area (Å²) in [5, 5.41) is 5.11. The molecule has 23 heavy (non-hydrogen) atoms. The van der Waals surface area contributed by atoms with Crippen LogP contribution in [0, 0.1) is 12.7 Å². The van der Waals surface area contributed by atoms with E-state index in [2.05, 4.69) is 10.6 Å². The first-order chi connectivity index (χ1) is 10.8. The number of amides is 2. The second kappa shape index (κ2) is 6.78. The van der Waals surface area contributed by atoms with Gasteiger partial charge in [0.15, 0.2) is 9.84 Å². The predicted molar refractivity (Wildman–Crippen MR) is 86.5 cm³/mol. The standard InChI is InChI=1S/C16H17FN2O3S/c1-11-7-8-13(23(2,21)22)9-15(11)19-16(20)18-10-12-5-3-4-6-14(12)17/h3-9H,10H2,1-2H3,(H2,18,19,20). The topological polar surface area (TPSA) is 75.3 Å². The Kier molecular flexibility index (Phi) is 5.00. The van der Waals surface area contributed by atoms with Gasteiger partial charge in [0.05, 0.1) is 4.90 Å². The second-order valence-corrected chi connectivity index (χ2v) is 7.16. The normalized spacial score (nSPS) is 11.1. The van der Waals surface area contributed by atoms with Gasteiger partial charge in [0.2, 0.25) is 0 Å². The lowest BCUT2D eigenvalue weighted by Crippen LogP contribution is -2.28. The predicted octanol–water partition coefficient (Wildman–Crippen LogP) is 2.86. The Balaban J connectivity index is 2.07.